The van der Waals surface area contributed by atoms with Crippen LogP contribution in [-0.2, 0) is 33.6 Å². The summed E-state index contributed by atoms with van der Waals surface area (Å²) in [5.41, 5.74) is 5.58. The Labute approximate surface area is 240 Å². The zero-order valence-corrected chi connectivity index (χ0v) is 23.0. The van der Waals surface area contributed by atoms with Gasteiger partial charge in [0.1, 0.15) is 36.3 Å². The normalized spacial score (nSPS) is 21.9. The van der Waals surface area contributed by atoms with Crippen molar-refractivity contribution in [2.24, 2.45) is 5.73 Å². The van der Waals surface area contributed by atoms with Crippen molar-refractivity contribution < 1.29 is 59.1 Å². The van der Waals surface area contributed by atoms with Gasteiger partial charge in [-0.1, -0.05) is 0 Å². The third-order valence-corrected chi connectivity index (χ3v) is 7.04. The molecule has 2 saturated heterocycles. The number of hydrogen-bond acceptors (Lipinski definition) is 11. The highest BCUT2D eigenvalue weighted by Gasteiger charge is 2.42. The Kier molecular flexibility index (Phi) is 12.6. The Morgan fingerprint density at radius 2 is 1.33 bits per heavy atom. The molecule has 5 amide bonds. The van der Waals surface area contributed by atoms with E-state index in [4.69, 9.17) is 10.8 Å². The first-order valence-electron chi connectivity index (χ1n) is 13.3. The SMILES string of the molecule is C[C@@H](O)[C@H](NC(=O)[C@@H]1CCCN1C(=O)[C@@H](N)CO)C(=O)N[C@@H](CC(=O)O)C(=O)N1CCC[C@H]1C(=O)N[C@@H](CO)C(=O)O. The second-order valence-corrected chi connectivity index (χ2v) is 10.1. The molecule has 0 aromatic rings. The molecule has 0 aliphatic carbocycles. The maximum Gasteiger partial charge on any atom is 0.328 e. The summed E-state index contributed by atoms with van der Waals surface area (Å²) in [5.74, 6) is -7.48. The number of carboxylic acids is 2. The van der Waals surface area contributed by atoms with Crippen molar-refractivity contribution in [1.82, 2.24) is 25.8 Å². The van der Waals surface area contributed by atoms with Crippen LogP contribution >= 0.6 is 0 Å². The minimum absolute atomic E-state index is 0.0160. The molecule has 0 aromatic heterocycles. The van der Waals surface area contributed by atoms with Crippen LogP contribution in [0.4, 0.5) is 0 Å². The highest BCUT2D eigenvalue weighted by Crippen LogP contribution is 2.21. The van der Waals surface area contributed by atoms with E-state index in [0.717, 1.165) is 9.80 Å². The lowest BCUT2D eigenvalue weighted by atomic mass is 10.1. The third-order valence-electron chi connectivity index (χ3n) is 7.04. The summed E-state index contributed by atoms with van der Waals surface area (Å²) >= 11 is 0. The summed E-state index contributed by atoms with van der Waals surface area (Å²) in [6, 6.07) is -8.57. The first-order chi connectivity index (χ1) is 19.7. The Morgan fingerprint density at radius 3 is 1.79 bits per heavy atom. The highest BCUT2D eigenvalue weighted by molar-refractivity contribution is 5.98. The van der Waals surface area contributed by atoms with Crippen LogP contribution in [0.5, 0.6) is 0 Å². The number of nitrogens with zero attached hydrogens (tertiary/aromatic N) is 2. The van der Waals surface area contributed by atoms with Gasteiger partial charge in [0, 0.05) is 13.1 Å². The van der Waals surface area contributed by atoms with Crippen molar-refractivity contribution in [2.75, 3.05) is 26.3 Å². The Hall–Kier alpha value is -3.87. The van der Waals surface area contributed by atoms with Crippen molar-refractivity contribution in [1.29, 1.82) is 0 Å². The summed E-state index contributed by atoms with van der Waals surface area (Å²) in [6.07, 6.45) is -1.41. The van der Waals surface area contributed by atoms with E-state index < -0.39 is 103 Å². The molecule has 2 rings (SSSR count). The van der Waals surface area contributed by atoms with Crippen molar-refractivity contribution in [3.8, 4) is 0 Å². The Bertz CT molecular complexity index is 1050. The monoisotopic (exact) mass is 602 g/mol. The van der Waals surface area contributed by atoms with Crippen LogP contribution in [0.3, 0.4) is 0 Å². The van der Waals surface area contributed by atoms with E-state index in [1.165, 1.54) is 6.92 Å². The van der Waals surface area contributed by atoms with Crippen LogP contribution in [0.2, 0.25) is 0 Å². The molecule has 0 bridgehead atoms. The summed E-state index contributed by atoms with van der Waals surface area (Å²) in [6.45, 7) is -0.243. The van der Waals surface area contributed by atoms with Gasteiger partial charge in [-0.3, -0.25) is 28.8 Å². The van der Waals surface area contributed by atoms with Gasteiger partial charge in [0.15, 0.2) is 0 Å². The predicted molar refractivity (Wildman–Crippen MR) is 139 cm³/mol. The molecule has 2 aliphatic rings. The molecule has 2 fully saturated rings. The average Bonchev–Trinajstić information content (AvgIpc) is 3.62. The van der Waals surface area contributed by atoms with Gasteiger partial charge in [-0.15, -0.1) is 0 Å². The van der Waals surface area contributed by atoms with Crippen LogP contribution < -0.4 is 21.7 Å². The molecule has 10 N–H and O–H groups in total. The molecule has 236 valence electrons. The van der Waals surface area contributed by atoms with E-state index in [1.54, 1.807) is 0 Å². The molecule has 0 unspecified atom stereocenters. The minimum atomic E-state index is -1.73. The zero-order valence-electron chi connectivity index (χ0n) is 23.0. The van der Waals surface area contributed by atoms with E-state index in [2.05, 4.69) is 16.0 Å². The number of aliphatic hydroxyl groups excluding tert-OH is 3. The Morgan fingerprint density at radius 1 is 0.810 bits per heavy atom. The molecule has 18 nitrogen and oxygen atoms in total. The quantitative estimate of drug-likeness (QED) is 0.0899. The topological polar surface area (TPSA) is 289 Å². The lowest BCUT2D eigenvalue weighted by Crippen LogP contribution is -2.61. The van der Waals surface area contributed by atoms with E-state index >= 15 is 0 Å². The van der Waals surface area contributed by atoms with Crippen LogP contribution in [-0.4, -0.2) is 145 Å². The fourth-order valence-electron chi connectivity index (χ4n) is 4.84. The second kappa shape index (κ2) is 15.4. The summed E-state index contributed by atoms with van der Waals surface area (Å²) < 4.78 is 0. The van der Waals surface area contributed by atoms with Gasteiger partial charge in [-0.25, -0.2) is 4.79 Å². The van der Waals surface area contributed by atoms with E-state index in [0.29, 0.717) is 12.8 Å². The standard InChI is InChI=1S/C24H38N6O12/c1-11(33)18(28-20(37)16-5-2-6-29(16)22(39)12(25)9-31)21(38)26-13(8-17(34)35)23(40)30-7-3-4-15(30)19(36)27-14(10-32)24(41)42/h11-16,18,31-33H,2-10,25H2,1H3,(H,26,38)(H,27,36)(H,28,37)(H,34,35)(H,41,42)/t11-,12+,13+,14+,15+,16+,18+/m1/s1. The van der Waals surface area contributed by atoms with Gasteiger partial charge in [0.05, 0.1) is 25.7 Å². The molecule has 2 aliphatic heterocycles. The third kappa shape index (κ3) is 8.57. The highest BCUT2D eigenvalue weighted by atomic mass is 16.4. The maximum atomic E-state index is 13.3. The number of aliphatic hydroxyl groups is 3. The first kappa shape index (κ1) is 34.3. The lowest BCUT2D eigenvalue weighted by Gasteiger charge is -2.31. The van der Waals surface area contributed by atoms with Crippen LogP contribution in [0.25, 0.3) is 0 Å². The molecule has 7 atom stereocenters. The molecule has 0 radical (unpaired) electrons. The number of carbonyl (C=O) groups excluding carboxylic acids is 5. The number of hydrogen-bond donors (Lipinski definition) is 9. The van der Waals surface area contributed by atoms with Gasteiger partial charge in [0.2, 0.25) is 29.5 Å². The molecule has 0 saturated carbocycles. The number of aliphatic carboxylic acids is 2. The van der Waals surface area contributed by atoms with Crippen LogP contribution in [0.15, 0.2) is 0 Å². The van der Waals surface area contributed by atoms with Gasteiger partial charge in [0.25, 0.3) is 0 Å². The molecule has 18 heteroatoms. The number of carbonyl (C=O) groups is 7. The van der Waals surface area contributed by atoms with E-state index in [9.17, 15) is 54.0 Å². The smallest absolute Gasteiger partial charge is 0.328 e. The van der Waals surface area contributed by atoms with E-state index in [1.807, 2.05) is 0 Å². The number of carboxylic acid groups (broad SMARTS) is 2. The fourth-order valence-corrected chi connectivity index (χ4v) is 4.84. The number of nitrogens with one attached hydrogen (secondary N) is 3. The summed E-state index contributed by atoms with van der Waals surface area (Å²) in [4.78, 5) is 89.4. The maximum absolute atomic E-state index is 13.3. The lowest BCUT2D eigenvalue weighted by molar-refractivity contribution is -0.148. The Balaban J connectivity index is 2.18. The summed E-state index contributed by atoms with van der Waals surface area (Å²) in [7, 11) is 0. The molecule has 42 heavy (non-hydrogen) atoms. The number of amides is 5. The average molecular weight is 603 g/mol. The minimum Gasteiger partial charge on any atom is -0.481 e. The van der Waals surface area contributed by atoms with Crippen molar-refractivity contribution in [3.05, 3.63) is 0 Å². The van der Waals surface area contributed by atoms with Crippen molar-refractivity contribution >= 4 is 41.5 Å². The molecular formula is C24H38N6O12. The van der Waals surface area contributed by atoms with Gasteiger partial charge >= 0.3 is 11.9 Å². The molecule has 0 spiro atoms. The van der Waals surface area contributed by atoms with Gasteiger partial charge in [-0.05, 0) is 32.6 Å². The number of nitrogens with two attached hydrogens (primary N) is 1. The van der Waals surface area contributed by atoms with Crippen LogP contribution in [0.1, 0.15) is 39.0 Å². The van der Waals surface area contributed by atoms with Gasteiger partial charge in [-0.2, -0.15) is 0 Å². The van der Waals surface area contributed by atoms with Crippen molar-refractivity contribution in [2.45, 2.75) is 81.4 Å². The summed E-state index contributed by atoms with van der Waals surface area (Å²) in [5, 5.41) is 53.7. The van der Waals surface area contributed by atoms with E-state index in [-0.39, 0.29) is 25.9 Å². The largest absolute Gasteiger partial charge is 0.481 e. The molecule has 2 heterocycles. The van der Waals surface area contributed by atoms with Crippen molar-refractivity contribution in [3.63, 3.8) is 0 Å². The molecular weight excluding hydrogens is 564 g/mol. The fraction of sp³-hybridized carbons (Fsp3) is 0.708. The number of rotatable bonds is 14. The second-order valence-electron chi connectivity index (χ2n) is 10.1. The predicted octanol–water partition coefficient (Wildman–Crippen LogP) is -5.33. The molecule has 0 aromatic carbocycles. The van der Waals surface area contributed by atoms with Gasteiger partial charge < -0.3 is 57.0 Å². The number of likely N-dealkylation sites (tertiary alicyclic amines) is 2. The van der Waals surface area contributed by atoms with Crippen LogP contribution in [0, 0.1) is 0 Å². The first-order valence-corrected chi connectivity index (χ1v) is 13.3. The zero-order chi connectivity index (χ0) is 31.7.